The lowest BCUT2D eigenvalue weighted by Gasteiger charge is -2.29. The predicted octanol–water partition coefficient (Wildman–Crippen LogP) is 5.40. The highest BCUT2D eigenvalue weighted by atomic mass is 16.6. The summed E-state index contributed by atoms with van der Waals surface area (Å²) in [6.45, 7) is 1.65. The average molecular weight is 531 g/mol. The van der Waals surface area contributed by atoms with Crippen molar-refractivity contribution in [3.8, 4) is 28.6 Å². The second-order valence-corrected chi connectivity index (χ2v) is 10.6. The lowest BCUT2D eigenvalue weighted by Crippen LogP contribution is -2.43. The summed E-state index contributed by atoms with van der Waals surface area (Å²) >= 11 is 0. The Labute approximate surface area is 230 Å². The molecule has 3 aromatic rings. The largest absolute Gasteiger partial charge is 0.486 e. The van der Waals surface area contributed by atoms with Crippen molar-refractivity contribution in [2.45, 2.75) is 44.8 Å². The second kappa shape index (κ2) is 12.4. The molecule has 206 valence electrons. The van der Waals surface area contributed by atoms with Crippen LogP contribution in [0.1, 0.15) is 37.7 Å². The van der Waals surface area contributed by atoms with Gasteiger partial charge in [0.2, 0.25) is 11.8 Å². The number of para-hydroxylation sites is 1. The molecule has 1 aromatic heterocycles. The minimum absolute atomic E-state index is 0.116. The SMILES string of the molecule is COc1nc(-c2cccc3c2O[C@H](CNC(=O)C2CCCCC2)CO3)ccc1Nc1cccc(CN(C)C)c1. The number of benzene rings is 2. The number of aromatic nitrogens is 1. The van der Waals surface area contributed by atoms with E-state index in [0.29, 0.717) is 36.2 Å². The standard InChI is InChI=1S/C31H38N4O4/c1-35(2)19-21-9-7-12-23(17-21)33-27-16-15-26(34-31(27)37-3)25-13-8-14-28-29(25)39-24(20-38-28)18-32-30(36)22-10-5-4-6-11-22/h7-9,12-17,22,24,33H,4-6,10-11,18-20H2,1-3H3,(H,32,36)/t24-/m1/s1. The number of nitrogens with one attached hydrogen (secondary N) is 2. The van der Waals surface area contributed by atoms with E-state index >= 15 is 0 Å². The van der Waals surface area contributed by atoms with Gasteiger partial charge in [-0.15, -0.1) is 0 Å². The molecule has 1 aliphatic heterocycles. The molecule has 0 saturated heterocycles. The van der Waals surface area contributed by atoms with Crippen molar-refractivity contribution in [1.82, 2.24) is 15.2 Å². The van der Waals surface area contributed by atoms with Crippen LogP contribution in [-0.2, 0) is 11.3 Å². The number of anilines is 2. The Hall–Kier alpha value is -3.78. The van der Waals surface area contributed by atoms with Crippen LogP contribution in [0.2, 0.25) is 0 Å². The van der Waals surface area contributed by atoms with Crippen molar-refractivity contribution in [2.24, 2.45) is 5.92 Å². The van der Waals surface area contributed by atoms with Crippen LogP contribution in [0.25, 0.3) is 11.3 Å². The number of amides is 1. The Morgan fingerprint density at radius 1 is 1.08 bits per heavy atom. The van der Waals surface area contributed by atoms with E-state index < -0.39 is 0 Å². The molecule has 2 heterocycles. The van der Waals surface area contributed by atoms with E-state index in [4.69, 9.17) is 19.2 Å². The maximum atomic E-state index is 12.6. The van der Waals surface area contributed by atoms with Gasteiger partial charge in [0.15, 0.2) is 11.5 Å². The first kappa shape index (κ1) is 26.8. The summed E-state index contributed by atoms with van der Waals surface area (Å²) in [5.41, 5.74) is 4.48. The van der Waals surface area contributed by atoms with Gasteiger partial charge in [-0.3, -0.25) is 4.79 Å². The monoisotopic (exact) mass is 530 g/mol. The number of ether oxygens (including phenoxy) is 3. The molecule has 1 aliphatic carbocycles. The molecule has 1 saturated carbocycles. The lowest BCUT2D eigenvalue weighted by atomic mass is 9.88. The highest BCUT2D eigenvalue weighted by molar-refractivity contribution is 5.79. The molecule has 1 atom stereocenters. The summed E-state index contributed by atoms with van der Waals surface area (Å²) in [4.78, 5) is 19.6. The molecule has 2 N–H and O–H groups in total. The number of rotatable bonds is 9. The van der Waals surface area contributed by atoms with Crippen LogP contribution in [0.3, 0.4) is 0 Å². The molecule has 8 nitrogen and oxygen atoms in total. The van der Waals surface area contributed by atoms with Crippen molar-refractivity contribution < 1.29 is 19.0 Å². The van der Waals surface area contributed by atoms with Gasteiger partial charge in [-0.2, -0.15) is 0 Å². The van der Waals surface area contributed by atoms with Gasteiger partial charge in [0, 0.05) is 23.7 Å². The summed E-state index contributed by atoms with van der Waals surface area (Å²) in [6, 6.07) is 18.0. The first-order valence-corrected chi connectivity index (χ1v) is 13.8. The maximum absolute atomic E-state index is 12.6. The molecular weight excluding hydrogens is 492 g/mol. The highest BCUT2D eigenvalue weighted by Crippen LogP contribution is 2.41. The summed E-state index contributed by atoms with van der Waals surface area (Å²) < 4.78 is 18.0. The number of nitrogens with zero attached hydrogens (tertiary/aromatic N) is 2. The second-order valence-electron chi connectivity index (χ2n) is 10.6. The molecule has 5 rings (SSSR count). The third kappa shape index (κ3) is 6.63. The number of fused-ring (bicyclic) bond motifs is 1. The van der Waals surface area contributed by atoms with Gasteiger partial charge in [-0.05, 0) is 68.9 Å². The topological polar surface area (TPSA) is 85.0 Å². The van der Waals surface area contributed by atoms with Crippen LogP contribution < -0.4 is 24.8 Å². The smallest absolute Gasteiger partial charge is 0.238 e. The van der Waals surface area contributed by atoms with Gasteiger partial charge in [0.1, 0.15) is 18.4 Å². The third-order valence-corrected chi connectivity index (χ3v) is 7.20. The summed E-state index contributed by atoms with van der Waals surface area (Å²) in [7, 11) is 5.72. The molecular formula is C31H38N4O4. The van der Waals surface area contributed by atoms with Crippen molar-refractivity contribution >= 4 is 17.3 Å². The zero-order chi connectivity index (χ0) is 27.2. The fraction of sp³-hybridized carbons (Fsp3) is 0.419. The van der Waals surface area contributed by atoms with Crippen molar-refractivity contribution in [3.05, 3.63) is 60.2 Å². The van der Waals surface area contributed by atoms with Crippen LogP contribution >= 0.6 is 0 Å². The number of pyridine rings is 1. The zero-order valence-corrected chi connectivity index (χ0v) is 23.0. The Balaban J connectivity index is 1.31. The molecule has 1 amide bonds. The van der Waals surface area contributed by atoms with Gasteiger partial charge in [0.25, 0.3) is 0 Å². The maximum Gasteiger partial charge on any atom is 0.238 e. The number of carbonyl (C=O) groups excluding carboxylic acids is 1. The van der Waals surface area contributed by atoms with Crippen LogP contribution in [0.15, 0.2) is 54.6 Å². The number of methoxy groups -OCH3 is 1. The normalized spacial score (nSPS) is 17.1. The van der Waals surface area contributed by atoms with Crippen LogP contribution in [0.5, 0.6) is 17.4 Å². The molecule has 0 bridgehead atoms. The van der Waals surface area contributed by atoms with Crippen molar-refractivity contribution in [2.75, 3.05) is 39.7 Å². The van der Waals surface area contributed by atoms with Gasteiger partial charge in [0.05, 0.1) is 19.3 Å². The van der Waals surface area contributed by atoms with Crippen LogP contribution in [0.4, 0.5) is 11.4 Å². The molecule has 1 fully saturated rings. The molecule has 0 spiro atoms. The minimum Gasteiger partial charge on any atom is -0.486 e. The summed E-state index contributed by atoms with van der Waals surface area (Å²) in [6.07, 6.45) is 5.16. The number of hydrogen-bond acceptors (Lipinski definition) is 7. The molecule has 2 aromatic carbocycles. The van der Waals surface area contributed by atoms with E-state index in [-0.39, 0.29) is 17.9 Å². The van der Waals surface area contributed by atoms with E-state index in [0.717, 1.165) is 49.2 Å². The van der Waals surface area contributed by atoms with Gasteiger partial charge in [-0.1, -0.05) is 37.5 Å². The van der Waals surface area contributed by atoms with Crippen LogP contribution in [0, 0.1) is 5.92 Å². The predicted molar refractivity (Wildman–Crippen MR) is 153 cm³/mol. The van der Waals surface area contributed by atoms with Crippen molar-refractivity contribution in [3.63, 3.8) is 0 Å². The Morgan fingerprint density at radius 3 is 2.69 bits per heavy atom. The van der Waals surface area contributed by atoms with E-state index in [1.165, 1.54) is 12.0 Å². The third-order valence-electron chi connectivity index (χ3n) is 7.20. The first-order valence-electron chi connectivity index (χ1n) is 13.8. The molecule has 0 radical (unpaired) electrons. The minimum atomic E-state index is -0.275. The first-order chi connectivity index (χ1) is 19.0. The van der Waals surface area contributed by atoms with E-state index in [2.05, 4.69) is 41.8 Å². The van der Waals surface area contributed by atoms with E-state index in [9.17, 15) is 4.79 Å². The summed E-state index contributed by atoms with van der Waals surface area (Å²) in [5, 5.41) is 6.52. The van der Waals surface area contributed by atoms with E-state index in [1.54, 1.807) is 7.11 Å². The zero-order valence-electron chi connectivity index (χ0n) is 23.0. The molecule has 0 unspecified atom stereocenters. The van der Waals surface area contributed by atoms with Crippen molar-refractivity contribution in [1.29, 1.82) is 0 Å². The summed E-state index contributed by atoms with van der Waals surface area (Å²) in [5.74, 6) is 2.02. The fourth-order valence-electron chi connectivity index (χ4n) is 5.27. The van der Waals surface area contributed by atoms with Gasteiger partial charge < -0.3 is 29.7 Å². The molecule has 39 heavy (non-hydrogen) atoms. The average Bonchev–Trinajstić information content (AvgIpc) is 2.96. The Kier molecular flexibility index (Phi) is 8.51. The quantitative estimate of drug-likeness (QED) is 0.383. The lowest BCUT2D eigenvalue weighted by molar-refractivity contribution is -0.126. The van der Waals surface area contributed by atoms with Gasteiger partial charge >= 0.3 is 0 Å². The Morgan fingerprint density at radius 2 is 1.90 bits per heavy atom. The highest BCUT2D eigenvalue weighted by Gasteiger charge is 2.27. The van der Waals surface area contributed by atoms with E-state index in [1.807, 2.05) is 42.5 Å². The molecule has 2 aliphatic rings. The van der Waals surface area contributed by atoms with Crippen LogP contribution in [-0.4, -0.2) is 56.3 Å². The Bertz CT molecular complexity index is 1290. The van der Waals surface area contributed by atoms with Gasteiger partial charge in [-0.25, -0.2) is 4.98 Å². The number of hydrogen-bond donors (Lipinski definition) is 2. The molecule has 8 heteroatoms. The number of carbonyl (C=O) groups is 1. The fourth-order valence-corrected chi connectivity index (χ4v) is 5.27.